The Morgan fingerprint density at radius 2 is 1.74 bits per heavy atom. The summed E-state index contributed by atoms with van der Waals surface area (Å²) < 4.78 is 80.6. The van der Waals surface area contributed by atoms with E-state index in [-0.39, 0.29) is 25.0 Å². The molecule has 1 aliphatic rings. The van der Waals surface area contributed by atoms with Gasteiger partial charge in [0.05, 0.1) is 36.6 Å². The largest absolute Gasteiger partial charge is 0.410 e. The molecule has 1 atom stereocenters. The fourth-order valence-electron chi connectivity index (χ4n) is 3.43. The van der Waals surface area contributed by atoms with Crippen LogP contribution in [0.5, 0.6) is 0 Å². The molecule has 3 amide bonds. The minimum absolute atomic E-state index is 0.0277. The number of carbonyl (C=O) groups excluding carboxylic acids is 2. The lowest BCUT2D eigenvalue weighted by Crippen LogP contribution is -2.40. The Morgan fingerprint density at radius 3 is 2.26 bits per heavy atom. The molecule has 2 N–H and O–H groups in total. The molecule has 0 aliphatic carbocycles. The summed E-state index contributed by atoms with van der Waals surface area (Å²) in [5, 5.41) is 13.0. The van der Waals surface area contributed by atoms with Crippen molar-refractivity contribution in [1.82, 2.24) is 39.9 Å². The lowest BCUT2D eigenvalue weighted by molar-refractivity contribution is -0.204. The van der Waals surface area contributed by atoms with Crippen molar-refractivity contribution in [2.24, 2.45) is 5.41 Å². The number of hydrogen-bond donors (Lipinski definition) is 2. The zero-order valence-electron chi connectivity index (χ0n) is 24.8. The predicted octanol–water partition coefficient (Wildman–Crippen LogP) is 4.75. The van der Waals surface area contributed by atoms with E-state index in [2.05, 4.69) is 25.2 Å². The van der Waals surface area contributed by atoms with Crippen molar-refractivity contribution in [3.63, 3.8) is 0 Å². The monoisotopic (exact) mass is 622 g/mol. The van der Waals surface area contributed by atoms with Gasteiger partial charge in [-0.3, -0.25) is 9.48 Å². The van der Waals surface area contributed by atoms with Crippen LogP contribution in [0.1, 0.15) is 62.4 Å². The number of fused-ring (bicyclic) bond motifs is 1. The number of halogens is 6. The standard InChI is InChI=1S/C19H21F3N8O2.C5H9F3.C2H6O/c1-11(2)30-14(3-4-24-30)17(31)23-7-13-9-29-16(26-13)5-12(6-25-29)8-28-10-15(19(20,21)22)27-18(28)32;1-4(2,3)5(6,7)8;1-3-2/h3-6,9,11,15H,7-8,10H2,1-2H3,(H,23,31)(H,27,32);1-3H3;1-2H3. The van der Waals surface area contributed by atoms with E-state index in [1.807, 2.05) is 19.2 Å². The van der Waals surface area contributed by atoms with Gasteiger partial charge in [-0.25, -0.2) is 14.3 Å². The molecule has 0 radical (unpaired) electrons. The van der Waals surface area contributed by atoms with Gasteiger partial charge in [0.15, 0.2) is 5.65 Å². The molecule has 17 heteroatoms. The first-order valence-electron chi connectivity index (χ1n) is 13.0. The summed E-state index contributed by atoms with van der Waals surface area (Å²) in [5.74, 6) is -0.291. The molecule has 11 nitrogen and oxygen atoms in total. The van der Waals surface area contributed by atoms with Gasteiger partial charge in [-0.05, 0) is 31.5 Å². The molecule has 1 fully saturated rings. The third-order valence-electron chi connectivity index (χ3n) is 5.86. The smallest absolute Gasteiger partial charge is 0.388 e. The van der Waals surface area contributed by atoms with Crippen LogP contribution in [0.15, 0.2) is 30.7 Å². The second kappa shape index (κ2) is 14.1. The third kappa shape index (κ3) is 9.83. The van der Waals surface area contributed by atoms with Gasteiger partial charge in [0.2, 0.25) is 0 Å². The highest BCUT2D eigenvalue weighted by Crippen LogP contribution is 2.36. The SMILES string of the molecule is CC(C)(C)C(F)(F)F.CC(C)n1nccc1C(=O)NCc1cn2ncc(CN3CC(C(F)(F)F)NC3=O)cc2n1.COC. The number of nitrogens with zero attached hydrogens (tertiary/aromatic N) is 6. The Balaban J connectivity index is 0.000000503. The quantitative estimate of drug-likeness (QED) is 0.383. The Hall–Kier alpha value is -3.89. The predicted molar refractivity (Wildman–Crippen MR) is 144 cm³/mol. The Kier molecular flexibility index (Phi) is 11.5. The van der Waals surface area contributed by atoms with Crippen LogP contribution in [-0.4, -0.2) is 80.4 Å². The van der Waals surface area contributed by atoms with E-state index in [0.29, 0.717) is 22.6 Å². The van der Waals surface area contributed by atoms with Crippen LogP contribution in [0.4, 0.5) is 31.1 Å². The second-order valence-corrected chi connectivity index (χ2v) is 10.9. The van der Waals surface area contributed by atoms with Crippen LogP contribution in [0, 0.1) is 5.41 Å². The molecule has 4 heterocycles. The topological polar surface area (TPSA) is 119 Å². The molecule has 43 heavy (non-hydrogen) atoms. The Morgan fingerprint density at radius 1 is 1.14 bits per heavy atom. The first kappa shape index (κ1) is 35.3. The second-order valence-electron chi connectivity index (χ2n) is 10.9. The molecule has 1 unspecified atom stereocenters. The van der Waals surface area contributed by atoms with Crippen molar-refractivity contribution in [3.05, 3.63) is 47.7 Å². The van der Waals surface area contributed by atoms with Crippen LogP contribution in [0.25, 0.3) is 5.65 Å². The lowest BCUT2D eigenvalue weighted by Gasteiger charge is -2.21. The maximum Gasteiger partial charge on any atom is 0.410 e. The van der Waals surface area contributed by atoms with E-state index >= 15 is 0 Å². The summed E-state index contributed by atoms with van der Waals surface area (Å²) in [7, 11) is 3.25. The highest BCUT2D eigenvalue weighted by atomic mass is 19.4. The fraction of sp³-hybridized carbons (Fsp3) is 0.577. The number of rotatable bonds is 6. The molecular formula is C26H36F6N8O3. The number of alkyl halides is 6. The minimum Gasteiger partial charge on any atom is -0.388 e. The van der Waals surface area contributed by atoms with Crippen LogP contribution >= 0.6 is 0 Å². The fourth-order valence-corrected chi connectivity index (χ4v) is 3.43. The first-order chi connectivity index (χ1) is 19.8. The number of hydrogen-bond acceptors (Lipinski definition) is 6. The number of nitrogens with one attached hydrogen (secondary N) is 2. The average molecular weight is 623 g/mol. The number of urea groups is 1. The van der Waals surface area contributed by atoms with Crippen molar-refractivity contribution in [2.45, 2.75) is 72.1 Å². The molecule has 1 aliphatic heterocycles. The summed E-state index contributed by atoms with van der Waals surface area (Å²) in [6.45, 7) is 6.94. The summed E-state index contributed by atoms with van der Waals surface area (Å²) in [6.07, 6.45) is -3.90. The zero-order chi connectivity index (χ0) is 32.8. The van der Waals surface area contributed by atoms with Crippen molar-refractivity contribution < 1.29 is 40.7 Å². The van der Waals surface area contributed by atoms with Gasteiger partial charge >= 0.3 is 18.4 Å². The van der Waals surface area contributed by atoms with E-state index in [0.717, 1.165) is 25.7 Å². The summed E-state index contributed by atoms with van der Waals surface area (Å²) in [5.41, 5.74) is 0.413. The number of methoxy groups -OCH3 is 1. The minimum atomic E-state index is -4.50. The number of aromatic nitrogens is 5. The number of imidazole rings is 1. The average Bonchev–Trinajstić information content (AvgIpc) is 3.60. The highest BCUT2D eigenvalue weighted by Gasteiger charge is 2.46. The first-order valence-corrected chi connectivity index (χ1v) is 13.0. The number of amides is 3. The summed E-state index contributed by atoms with van der Waals surface area (Å²) >= 11 is 0. The van der Waals surface area contributed by atoms with Gasteiger partial charge in [-0.2, -0.15) is 36.5 Å². The molecule has 4 rings (SSSR count). The van der Waals surface area contributed by atoms with Gasteiger partial charge in [-0.15, -0.1) is 0 Å². The van der Waals surface area contributed by atoms with E-state index in [9.17, 15) is 35.9 Å². The van der Waals surface area contributed by atoms with Crippen molar-refractivity contribution in [2.75, 3.05) is 20.8 Å². The summed E-state index contributed by atoms with van der Waals surface area (Å²) in [4.78, 5) is 29.8. The molecule has 240 valence electrons. The van der Waals surface area contributed by atoms with Crippen LogP contribution in [0.3, 0.4) is 0 Å². The lowest BCUT2D eigenvalue weighted by atomic mass is 9.96. The molecule has 0 spiro atoms. The molecule has 0 bridgehead atoms. The van der Waals surface area contributed by atoms with Gasteiger partial charge in [0.25, 0.3) is 5.91 Å². The van der Waals surface area contributed by atoms with E-state index in [1.54, 1.807) is 43.4 Å². The maximum atomic E-state index is 12.8. The van der Waals surface area contributed by atoms with Gasteiger partial charge in [0.1, 0.15) is 11.7 Å². The molecule has 3 aromatic heterocycles. The van der Waals surface area contributed by atoms with E-state index in [4.69, 9.17) is 0 Å². The molecule has 0 aromatic carbocycles. The maximum absolute atomic E-state index is 12.8. The normalized spacial score (nSPS) is 15.5. The molecular weight excluding hydrogens is 586 g/mol. The highest BCUT2D eigenvalue weighted by molar-refractivity contribution is 5.92. The zero-order valence-corrected chi connectivity index (χ0v) is 24.8. The Bertz CT molecular complexity index is 1350. The third-order valence-corrected chi connectivity index (χ3v) is 5.86. The van der Waals surface area contributed by atoms with Crippen molar-refractivity contribution in [3.8, 4) is 0 Å². The van der Waals surface area contributed by atoms with E-state index in [1.165, 1.54) is 10.7 Å². The van der Waals surface area contributed by atoms with Gasteiger partial charge in [-0.1, -0.05) is 20.8 Å². The van der Waals surface area contributed by atoms with Crippen molar-refractivity contribution >= 4 is 17.6 Å². The van der Waals surface area contributed by atoms with Gasteiger partial charge in [0, 0.05) is 33.0 Å². The van der Waals surface area contributed by atoms with Crippen LogP contribution < -0.4 is 10.6 Å². The van der Waals surface area contributed by atoms with Crippen LogP contribution in [0.2, 0.25) is 0 Å². The van der Waals surface area contributed by atoms with Gasteiger partial charge < -0.3 is 20.3 Å². The number of carbonyl (C=O) groups is 2. The van der Waals surface area contributed by atoms with E-state index < -0.39 is 36.4 Å². The van der Waals surface area contributed by atoms with Crippen LogP contribution in [-0.2, 0) is 17.8 Å². The molecule has 3 aromatic rings. The molecule has 1 saturated heterocycles. The Labute approximate surface area is 244 Å². The number of ether oxygens (including phenoxy) is 1. The van der Waals surface area contributed by atoms with Crippen molar-refractivity contribution in [1.29, 1.82) is 0 Å². The summed E-state index contributed by atoms with van der Waals surface area (Å²) in [6, 6.07) is 0.637. The molecule has 0 saturated carbocycles.